The Morgan fingerprint density at radius 3 is 1.23 bits per heavy atom. The number of para-hydroxylation sites is 5. The number of halogens is 1. The highest BCUT2D eigenvalue weighted by molar-refractivity contribution is 6.30. The summed E-state index contributed by atoms with van der Waals surface area (Å²) < 4.78 is 2.32. The molecule has 0 saturated heterocycles. The fraction of sp³-hybridized carbons (Fsp3) is 0. The maximum Gasteiger partial charge on any atom is 0.0541 e. The molecule has 0 bridgehead atoms. The van der Waals surface area contributed by atoms with Gasteiger partial charge in [0.2, 0.25) is 0 Å². The monoisotopic (exact) mass is 522 g/mol. The lowest BCUT2D eigenvalue weighted by molar-refractivity contribution is 1.18. The molecule has 1 N–H and O–H groups in total. The van der Waals surface area contributed by atoms with Crippen molar-refractivity contribution in [3.63, 3.8) is 0 Å². The number of hydrogen-bond acceptors (Lipinski definition) is 0. The summed E-state index contributed by atoms with van der Waals surface area (Å²) in [6, 6.07) is 53.9. The Labute approximate surface area is 232 Å². The fourth-order valence-corrected chi connectivity index (χ4v) is 5.14. The van der Waals surface area contributed by atoms with Crippen molar-refractivity contribution in [2.45, 2.75) is 0 Å². The topological polar surface area (TPSA) is 20.7 Å². The van der Waals surface area contributed by atoms with Gasteiger partial charge in [0.25, 0.3) is 0 Å². The van der Waals surface area contributed by atoms with Gasteiger partial charge in [-0.2, -0.15) is 0 Å². The van der Waals surface area contributed by atoms with Crippen LogP contribution in [0.25, 0.3) is 49.3 Å². The first-order chi connectivity index (χ1) is 19.3. The quantitative estimate of drug-likeness (QED) is 0.221. The van der Waals surface area contributed by atoms with Crippen LogP contribution in [0.5, 0.6) is 0 Å². The van der Waals surface area contributed by atoms with Crippen LogP contribution in [-0.2, 0) is 0 Å². The van der Waals surface area contributed by atoms with Crippen molar-refractivity contribution in [2.75, 3.05) is 0 Å². The average molecular weight is 523 g/mol. The summed E-state index contributed by atoms with van der Waals surface area (Å²) in [4.78, 5) is 3.38. The lowest BCUT2D eigenvalue weighted by Crippen LogP contribution is -1.92. The molecule has 0 atom stereocenters. The molecule has 8 rings (SSSR count). The number of fused-ring (bicyclic) bond motifs is 6. The van der Waals surface area contributed by atoms with Crippen LogP contribution >= 0.6 is 11.6 Å². The van der Waals surface area contributed by atoms with Gasteiger partial charge in [0.1, 0.15) is 0 Å². The molecule has 8 aromatic rings. The first kappa shape index (κ1) is 24.5. The Balaban J connectivity index is 0.000000119. The minimum atomic E-state index is 0.794. The third kappa shape index (κ3) is 5.16. The second kappa shape index (κ2) is 11.3. The molecule has 2 aromatic heterocycles. The van der Waals surface area contributed by atoms with E-state index in [1.54, 1.807) is 0 Å². The Kier molecular flexibility index (Phi) is 7.11. The van der Waals surface area contributed by atoms with Gasteiger partial charge in [-0.25, -0.2) is 0 Å². The molecule has 0 aliphatic heterocycles. The third-order valence-electron chi connectivity index (χ3n) is 6.74. The van der Waals surface area contributed by atoms with Gasteiger partial charge in [-0.1, -0.05) is 121 Å². The second-order valence-corrected chi connectivity index (χ2v) is 9.65. The summed E-state index contributed by atoms with van der Waals surface area (Å²) in [5.41, 5.74) is 6.15. The highest BCUT2D eigenvalue weighted by Crippen LogP contribution is 2.31. The van der Waals surface area contributed by atoms with Crippen LogP contribution in [0.15, 0.2) is 158 Å². The molecule has 0 spiro atoms. The van der Waals surface area contributed by atoms with Gasteiger partial charge in [-0.3, -0.25) is 0 Å². The summed E-state index contributed by atoms with van der Waals surface area (Å²) >= 11 is 5.54. The molecule has 0 fully saturated rings. The van der Waals surface area contributed by atoms with Crippen molar-refractivity contribution >= 4 is 55.2 Å². The van der Waals surface area contributed by atoms with Crippen LogP contribution in [0.4, 0.5) is 0 Å². The SMILES string of the molecule is Clc1ccccc1.c1ccc(-n2c3ccccc3c3ccccc32)cc1.c1ccc2c(c1)[nH]c1ccccc12. The third-order valence-corrected chi connectivity index (χ3v) is 6.99. The Morgan fingerprint density at radius 1 is 0.385 bits per heavy atom. The summed E-state index contributed by atoms with van der Waals surface area (Å²) in [6.45, 7) is 0. The molecule has 6 aromatic carbocycles. The van der Waals surface area contributed by atoms with E-state index in [9.17, 15) is 0 Å². The molecule has 0 aliphatic carbocycles. The van der Waals surface area contributed by atoms with E-state index in [0.717, 1.165) is 5.02 Å². The standard InChI is InChI=1S/C18H13N.C12H9N.C6H5Cl/c1-2-8-14(9-3-1)19-17-12-6-4-10-15(17)16-11-5-7-13-18(16)19;1-3-7-11-9(5-1)10-6-2-4-8-12(10)13-11;7-6-4-2-1-3-5-6/h1-13H;1-8,13H;1-5H. The number of H-pyrrole nitrogens is 1. The minimum Gasteiger partial charge on any atom is -0.355 e. The van der Waals surface area contributed by atoms with Gasteiger partial charge in [-0.15, -0.1) is 0 Å². The zero-order valence-corrected chi connectivity index (χ0v) is 22.1. The Bertz CT molecular complexity index is 1860. The van der Waals surface area contributed by atoms with Crippen LogP contribution in [0.1, 0.15) is 0 Å². The molecule has 2 heterocycles. The number of nitrogens with zero attached hydrogens (tertiary/aromatic N) is 1. The predicted molar refractivity (Wildman–Crippen MR) is 168 cm³/mol. The van der Waals surface area contributed by atoms with Crippen LogP contribution in [0, 0.1) is 0 Å². The molecule has 188 valence electrons. The van der Waals surface area contributed by atoms with Gasteiger partial charge < -0.3 is 9.55 Å². The van der Waals surface area contributed by atoms with E-state index in [1.165, 1.54) is 49.3 Å². The minimum absolute atomic E-state index is 0.794. The maximum atomic E-state index is 5.54. The smallest absolute Gasteiger partial charge is 0.0541 e. The first-order valence-electron chi connectivity index (χ1n) is 13.0. The number of aromatic amines is 1. The van der Waals surface area contributed by atoms with E-state index in [2.05, 4.69) is 137 Å². The lowest BCUT2D eigenvalue weighted by atomic mass is 10.2. The van der Waals surface area contributed by atoms with Gasteiger partial charge >= 0.3 is 0 Å². The van der Waals surface area contributed by atoms with E-state index in [-0.39, 0.29) is 0 Å². The van der Waals surface area contributed by atoms with Gasteiger partial charge in [-0.05, 0) is 48.5 Å². The van der Waals surface area contributed by atoms with E-state index < -0.39 is 0 Å². The first-order valence-corrected chi connectivity index (χ1v) is 13.4. The highest BCUT2D eigenvalue weighted by Gasteiger charge is 2.10. The zero-order chi connectivity index (χ0) is 26.4. The number of hydrogen-bond donors (Lipinski definition) is 1. The number of rotatable bonds is 1. The summed E-state index contributed by atoms with van der Waals surface area (Å²) in [5.74, 6) is 0. The van der Waals surface area contributed by atoms with E-state index in [4.69, 9.17) is 11.6 Å². The largest absolute Gasteiger partial charge is 0.355 e. The number of aromatic nitrogens is 2. The van der Waals surface area contributed by atoms with Gasteiger partial charge in [0.15, 0.2) is 0 Å². The van der Waals surface area contributed by atoms with Gasteiger partial charge in [0, 0.05) is 43.3 Å². The summed E-state index contributed by atoms with van der Waals surface area (Å²) in [6.07, 6.45) is 0. The van der Waals surface area contributed by atoms with Gasteiger partial charge in [0.05, 0.1) is 11.0 Å². The van der Waals surface area contributed by atoms with Crippen LogP contribution in [-0.4, -0.2) is 9.55 Å². The van der Waals surface area contributed by atoms with E-state index >= 15 is 0 Å². The van der Waals surface area contributed by atoms with Crippen molar-refractivity contribution in [1.29, 1.82) is 0 Å². The summed E-state index contributed by atoms with van der Waals surface area (Å²) in [7, 11) is 0. The van der Waals surface area contributed by atoms with Crippen molar-refractivity contribution in [3.8, 4) is 5.69 Å². The molecule has 0 unspecified atom stereocenters. The lowest BCUT2D eigenvalue weighted by Gasteiger charge is -2.06. The second-order valence-electron chi connectivity index (χ2n) is 9.22. The van der Waals surface area contributed by atoms with Crippen molar-refractivity contribution in [1.82, 2.24) is 9.55 Å². The van der Waals surface area contributed by atoms with Crippen LogP contribution < -0.4 is 0 Å². The van der Waals surface area contributed by atoms with Crippen molar-refractivity contribution < 1.29 is 0 Å². The Hall–Kier alpha value is -4.79. The van der Waals surface area contributed by atoms with Crippen LogP contribution in [0.2, 0.25) is 5.02 Å². The summed E-state index contributed by atoms with van der Waals surface area (Å²) in [5, 5.41) is 6.02. The molecular formula is C36H27ClN2. The molecule has 3 heteroatoms. The number of benzene rings is 6. The van der Waals surface area contributed by atoms with Crippen LogP contribution in [0.3, 0.4) is 0 Å². The van der Waals surface area contributed by atoms with Crippen molar-refractivity contribution in [2.24, 2.45) is 0 Å². The molecule has 0 aliphatic rings. The van der Waals surface area contributed by atoms with E-state index in [0.29, 0.717) is 0 Å². The molecule has 0 amide bonds. The molecule has 2 nitrogen and oxygen atoms in total. The predicted octanol–water partition coefficient (Wildman–Crippen LogP) is 10.4. The molecule has 0 saturated carbocycles. The fourth-order valence-electron chi connectivity index (χ4n) is 4.99. The number of nitrogens with one attached hydrogen (secondary N) is 1. The molecule has 0 radical (unpaired) electrons. The highest BCUT2D eigenvalue weighted by atomic mass is 35.5. The van der Waals surface area contributed by atoms with E-state index in [1.807, 2.05) is 30.3 Å². The average Bonchev–Trinajstić information content (AvgIpc) is 3.55. The molecular weight excluding hydrogens is 496 g/mol. The Morgan fingerprint density at radius 2 is 0.769 bits per heavy atom. The maximum absolute atomic E-state index is 5.54. The zero-order valence-electron chi connectivity index (χ0n) is 21.3. The normalized spacial score (nSPS) is 10.7. The molecule has 39 heavy (non-hydrogen) atoms. The van der Waals surface area contributed by atoms with Crippen molar-refractivity contribution in [3.05, 3.63) is 163 Å².